The molecule has 2 N–H and O–H groups in total. The van der Waals surface area contributed by atoms with Gasteiger partial charge in [-0.1, -0.05) is 11.6 Å². The Labute approximate surface area is 126 Å². The molecule has 6 nitrogen and oxygen atoms in total. The van der Waals surface area contributed by atoms with Gasteiger partial charge in [0.1, 0.15) is 11.5 Å². The number of halogens is 1. The highest BCUT2D eigenvalue weighted by Crippen LogP contribution is 2.36. The fourth-order valence-electron chi connectivity index (χ4n) is 1.78. The first-order valence-electron chi connectivity index (χ1n) is 6.04. The molecule has 0 atom stereocenters. The Balaban J connectivity index is 2.42. The molecule has 0 radical (unpaired) electrons. The van der Waals surface area contributed by atoms with Gasteiger partial charge in [0, 0.05) is 17.1 Å². The Morgan fingerprint density at radius 1 is 1.24 bits per heavy atom. The van der Waals surface area contributed by atoms with Gasteiger partial charge in [-0.25, -0.2) is 0 Å². The van der Waals surface area contributed by atoms with Crippen LogP contribution in [0.1, 0.15) is 5.56 Å². The van der Waals surface area contributed by atoms with Crippen LogP contribution in [0.4, 0.5) is 5.69 Å². The third kappa shape index (κ3) is 3.42. The van der Waals surface area contributed by atoms with Crippen LogP contribution in [0.2, 0.25) is 5.02 Å². The summed E-state index contributed by atoms with van der Waals surface area (Å²) in [6, 6.07) is 9.27. The van der Waals surface area contributed by atoms with Gasteiger partial charge in [-0.05, 0) is 30.3 Å². The summed E-state index contributed by atoms with van der Waals surface area (Å²) in [5.41, 5.74) is 6.10. The van der Waals surface area contributed by atoms with Gasteiger partial charge >= 0.3 is 5.69 Å². The summed E-state index contributed by atoms with van der Waals surface area (Å²) in [6.45, 7) is 0.208. The van der Waals surface area contributed by atoms with E-state index in [1.807, 2.05) is 0 Å². The van der Waals surface area contributed by atoms with Crippen LogP contribution in [-0.2, 0) is 6.54 Å². The lowest BCUT2D eigenvalue weighted by Crippen LogP contribution is -2.01. The summed E-state index contributed by atoms with van der Waals surface area (Å²) in [5, 5.41) is 11.6. The third-order valence-electron chi connectivity index (χ3n) is 2.83. The van der Waals surface area contributed by atoms with Crippen LogP contribution in [0.15, 0.2) is 36.4 Å². The summed E-state index contributed by atoms with van der Waals surface area (Å²) >= 11 is 5.88. The van der Waals surface area contributed by atoms with E-state index in [9.17, 15) is 10.1 Å². The molecule has 0 bridgehead atoms. The standard InChI is InChI=1S/C14H13ClN2O4/c1-20-11-3-5-14(12(7-11)17(18)19)21-13-4-2-10(15)6-9(13)8-16/h2-7H,8,16H2,1H3. The van der Waals surface area contributed by atoms with Crippen molar-refractivity contribution in [1.82, 2.24) is 0 Å². The number of nitro benzene ring substituents is 1. The highest BCUT2D eigenvalue weighted by molar-refractivity contribution is 6.30. The maximum absolute atomic E-state index is 11.1. The molecule has 0 heterocycles. The summed E-state index contributed by atoms with van der Waals surface area (Å²) < 4.78 is 10.6. The van der Waals surface area contributed by atoms with Crippen LogP contribution in [0, 0.1) is 10.1 Å². The summed E-state index contributed by atoms with van der Waals surface area (Å²) in [5.74, 6) is 0.914. The molecule has 0 aromatic heterocycles. The quantitative estimate of drug-likeness (QED) is 0.674. The molecule has 21 heavy (non-hydrogen) atoms. The lowest BCUT2D eigenvalue weighted by Gasteiger charge is -2.11. The molecule has 0 aliphatic heterocycles. The number of ether oxygens (including phenoxy) is 2. The largest absolute Gasteiger partial charge is 0.496 e. The third-order valence-corrected chi connectivity index (χ3v) is 3.06. The fourth-order valence-corrected chi connectivity index (χ4v) is 1.97. The zero-order valence-electron chi connectivity index (χ0n) is 11.2. The highest BCUT2D eigenvalue weighted by Gasteiger charge is 2.18. The Morgan fingerprint density at radius 3 is 2.57 bits per heavy atom. The summed E-state index contributed by atoms with van der Waals surface area (Å²) in [7, 11) is 1.44. The van der Waals surface area contributed by atoms with Gasteiger partial charge in [-0.3, -0.25) is 10.1 Å². The number of nitrogens with zero attached hydrogens (tertiary/aromatic N) is 1. The van der Waals surface area contributed by atoms with Crippen molar-refractivity contribution in [3.05, 3.63) is 57.1 Å². The second-order valence-electron chi connectivity index (χ2n) is 4.15. The van der Waals surface area contributed by atoms with E-state index >= 15 is 0 Å². The van der Waals surface area contributed by atoms with Crippen LogP contribution < -0.4 is 15.2 Å². The Morgan fingerprint density at radius 2 is 1.95 bits per heavy atom. The smallest absolute Gasteiger partial charge is 0.315 e. The molecular formula is C14H13ClN2O4. The molecule has 2 rings (SSSR count). The molecule has 0 amide bonds. The monoisotopic (exact) mass is 308 g/mol. The minimum atomic E-state index is -0.532. The minimum Gasteiger partial charge on any atom is -0.496 e. The van der Waals surface area contributed by atoms with E-state index in [0.717, 1.165) is 0 Å². The van der Waals surface area contributed by atoms with Gasteiger partial charge in [0.2, 0.25) is 5.75 Å². The number of rotatable bonds is 5. The predicted octanol–water partition coefficient (Wildman–Crippen LogP) is 3.51. The minimum absolute atomic E-state index is 0.109. The maximum atomic E-state index is 11.1. The van der Waals surface area contributed by atoms with Crippen molar-refractivity contribution < 1.29 is 14.4 Å². The second-order valence-corrected chi connectivity index (χ2v) is 4.59. The number of benzene rings is 2. The Hall–Kier alpha value is -2.31. The average Bonchev–Trinajstić information content (AvgIpc) is 2.49. The van der Waals surface area contributed by atoms with Gasteiger partial charge in [-0.2, -0.15) is 0 Å². The SMILES string of the molecule is COc1ccc(Oc2ccc(Cl)cc2CN)c([N+](=O)[O-])c1. The molecule has 0 saturated heterocycles. The predicted molar refractivity (Wildman–Crippen MR) is 79.1 cm³/mol. The van der Waals surface area contributed by atoms with Crippen LogP contribution in [0.5, 0.6) is 17.2 Å². The fraction of sp³-hybridized carbons (Fsp3) is 0.143. The van der Waals surface area contributed by atoms with E-state index in [1.165, 1.54) is 19.2 Å². The molecule has 7 heteroatoms. The van der Waals surface area contributed by atoms with Gasteiger partial charge in [0.05, 0.1) is 18.1 Å². The molecule has 0 fully saturated rings. The van der Waals surface area contributed by atoms with Crippen molar-refractivity contribution in [3.8, 4) is 17.2 Å². The van der Waals surface area contributed by atoms with Crippen molar-refractivity contribution >= 4 is 17.3 Å². The van der Waals surface area contributed by atoms with E-state index in [-0.39, 0.29) is 18.0 Å². The highest BCUT2D eigenvalue weighted by atomic mass is 35.5. The van der Waals surface area contributed by atoms with Crippen LogP contribution in [0.25, 0.3) is 0 Å². The summed E-state index contributed by atoms with van der Waals surface area (Å²) in [4.78, 5) is 10.6. The first kappa shape index (κ1) is 15.1. The van der Waals surface area contributed by atoms with Crippen molar-refractivity contribution in [2.75, 3.05) is 7.11 Å². The zero-order chi connectivity index (χ0) is 15.4. The lowest BCUT2D eigenvalue weighted by molar-refractivity contribution is -0.385. The molecule has 0 spiro atoms. The molecule has 2 aromatic carbocycles. The molecular weight excluding hydrogens is 296 g/mol. The second kappa shape index (κ2) is 6.43. The lowest BCUT2D eigenvalue weighted by atomic mass is 10.2. The number of hydrogen-bond donors (Lipinski definition) is 1. The normalized spacial score (nSPS) is 10.2. The molecule has 0 unspecified atom stereocenters. The van der Waals surface area contributed by atoms with Crippen molar-refractivity contribution in [1.29, 1.82) is 0 Å². The first-order chi connectivity index (χ1) is 10.0. The molecule has 2 aromatic rings. The van der Waals surface area contributed by atoms with Crippen LogP contribution >= 0.6 is 11.6 Å². The van der Waals surface area contributed by atoms with E-state index in [4.69, 9.17) is 26.8 Å². The zero-order valence-corrected chi connectivity index (χ0v) is 12.0. The number of methoxy groups -OCH3 is 1. The van der Waals surface area contributed by atoms with E-state index < -0.39 is 4.92 Å². The van der Waals surface area contributed by atoms with E-state index in [2.05, 4.69) is 0 Å². The Bertz CT molecular complexity index is 676. The summed E-state index contributed by atoms with van der Waals surface area (Å²) in [6.07, 6.45) is 0. The number of nitrogens with two attached hydrogens (primary N) is 1. The van der Waals surface area contributed by atoms with Gasteiger partial charge in [-0.15, -0.1) is 0 Å². The maximum Gasteiger partial charge on any atom is 0.315 e. The number of hydrogen-bond acceptors (Lipinski definition) is 5. The van der Waals surface area contributed by atoms with Crippen molar-refractivity contribution in [2.24, 2.45) is 5.73 Å². The van der Waals surface area contributed by atoms with Crippen LogP contribution in [-0.4, -0.2) is 12.0 Å². The average molecular weight is 309 g/mol. The van der Waals surface area contributed by atoms with Gasteiger partial charge < -0.3 is 15.2 Å². The van der Waals surface area contributed by atoms with Crippen molar-refractivity contribution in [2.45, 2.75) is 6.54 Å². The topological polar surface area (TPSA) is 87.6 Å². The van der Waals surface area contributed by atoms with Gasteiger partial charge in [0.15, 0.2) is 0 Å². The first-order valence-corrected chi connectivity index (χ1v) is 6.41. The Kier molecular flexibility index (Phi) is 4.62. The van der Waals surface area contributed by atoms with E-state index in [0.29, 0.717) is 22.1 Å². The molecule has 0 aliphatic rings. The van der Waals surface area contributed by atoms with E-state index in [1.54, 1.807) is 24.3 Å². The molecule has 0 saturated carbocycles. The molecule has 110 valence electrons. The van der Waals surface area contributed by atoms with Crippen molar-refractivity contribution in [3.63, 3.8) is 0 Å². The number of nitro groups is 1. The van der Waals surface area contributed by atoms with Gasteiger partial charge in [0.25, 0.3) is 0 Å². The van der Waals surface area contributed by atoms with Crippen LogP contribution in [0.3, 0.4) is 0 Å². The molecule has 0 aliphatic carbocycles.